The van der Waals surface area contributed by atoms with Crippen molar-refractivity contribution in [1.82, 2.24) is 0 Å². The zero-order chi connectivity index (χ0) is 16.5. The van der Waals surface area contributed by atoms with Gasteiger partial charge >= 0.3 is 5.97 Å². The van der Waals surface area contributed by atoms with Crippen LogP contribution in [0.4, 0.5) is 0 Å². The largest absolute Gasteiger partial charge is 0.463 e. The second-order valence-corrected chi connectivity index (χ2v) is 8.57. The molecule has 0 heterocycles. The second-order valence-electron chi connectivity index (χ2n) is 8.57. The van der Waals surface area contributed by atoms with Gasteiger partial charge in [0, 0.05) is 6.92 Å². The van der Waals surface area contributed by atoms with Crippen LogP contribution in [0.15, 0.2) is 11.1 Å². The standard InChI is InChI=1S/C20H34O2/c1-14-8-11-18-19(4,5)12-7-13-20(18,6)17(14)10-9-15(2)22-16(3)21/h15,18H,7-13H2,1-6H3/t15-,18-,20+/m0/s1. The molecule has 0 saturated heterocycles. The van der Waals surface area contributed by atoms with E-state index in [-0.39, 0.29) is 12.1 Å². The highest BCUT2D eigenvalue weighted by molar-refractivity contribution is 5.66. The van der Waals surface area contributed by atoms with Crippen LogP contribution in [0.25, 0.3) is 0 Å². The van der Waals surface area contributed by atoms with Crippen molar-refractivity contribution in [2.75, 3.05) is 0 Å². The number of rotatable bonds is 4. The average molecular weight is 306 g/mol. The van der Waals surface area contributed by atoms with E-state index in [0.29, 0.717) is 10.8 Å². The number of esters is 1. The molecule has 22 heavy (non-hydrogen) atoms. The molecular weight excluding hydrogens is 272 g/mol. The number of carbonyl (C=O) groups excluding carboxylic acids is 1. The fraction of sp³-hybridized carbons (Fsp3) is 0.850. The lowest BCUT2D eigenvalue weighted by molar-refractivity contribution is -0.145. The maximum absolute atomic E-state index is 11.1. The molecule has 0 N–H and O–H groups in total. The molecule has 3 atom stereocenters. The lowest BCUT2D eigenvalue weighted by Crippen LogP contribution is -2.45. The molecular formula is C20H34O2. The minimum Gasteiger partial charge on any atom is -0.463 e. The highest BCUT2D eigenvalue weighted by Crippen LogP contribution is 2.60. The van der Waals surface area contributed by atoms with Gasteiger partial charge in [-0.2, -0.15) is 0 Å². The molecule has 1 fully saturated rings. The third-order valence-corrected chi connectivity index (χ3v) is 6.41. The van der Waals surface area contributed by atoms with Crippen LogP contribution in [0.1, 0.15) is 86.5 Å². The van der Waals surface area contributed by atoms with Crippen LogP contribution in [0, 0.1) is 16.7 Å². The Balaban J connectivity index is 2.16. The molecule has 2 aliphatic carbocycles. The topological polar surface area (TPSA) is 26.3 Å². The molecule has 2 rings (SSSR count). The maximum atomic E-state index is 11.1. The normalized spacial score (nSPS) is 32.4. The van der Waals surface area contributed by atoms with Crippen molar-refractivity contribution in [2.24, 2.45) is 16.7 Å². The molecule has 2 heteroatoms. The summed E-state index contributed by atoms with van der Waals surface area (Å²) in [5, 5.41) is 0. The number of fused-ring (bicyclic) bond motifs is 1. The van der Waals surface area contributed by atoms with Gasteiger partial charge in [-0.25, -0.2) is 0 Å². The van der Waals surface area contributed by atoms with Gasteiger partial charge in [0.1, 0.15) is 0 Å². The first kappa shape index (κ1) is 17.6. The van der Waals surface area contributed by atoms with E-state index in [2.05, 4.69) is 27.7 Å². The summed E-state index contributed by atoms with van der Waals surface area (Å²) in [4.78, 5) is 11.1. The summed E-state index contributed by atoms with van der Waals surface area (Å²) < 4.78 is 5.32. The molecule has 0 amide bonds. The first-order valence-electron chi connectivity index (χ1n) is 9.03. The first-order valence-corrected chi connectivity index (χ1v) is 9.03. The van der Waals surface area contributed by atoms with Crippen molar-refractivity contribution in [1.29, 1.82) is 0 Å². The predicted molar refractivity (Wildman–Crippen MR) is 91.6 cm³/mol. The van der Waals surface area contributed by atoms with Gasteiger partial charge in [0.2, 0.25) is 0 Å². The third-order valence-electron chi connectivity index (χ3n) is 6.41. The van der Waals surface area contributed by atoms with Gasteiger partial charge in [0.05, 0.1) is 6.10 Å². The molecule has 2 aliphatic rings. The fourth-order valence-corrected chi connectivity index (χ4v) is 5.38. The van der Waals surface area contributed by atoms with Crippen molar-refractivity contribution in [3.8, 4) is 0 Å². The predicted octanol–water partition coefficient (Wildman–Crippen LogP) is 5.66. The summed E-state index contributed by atoms with van der Waals surface area (Å²) in [6.07, 6.45) is 8.70. The molecule has 0 unspecified atom stereocenters. The second kappa shape index (κ2) is 6.37. The maximum Gasteiger partial charge on any atom is 0.302 e. The van der Waals surface area contributed by atoms with Gasteiger partial charge in [-0.1, -0.05) is 38.3 Å². The van der Waals surface area contributed by atoms with Crippen LogP contribution in [0.3, 0.4) is 0 Å². The van der Waals surface area contributed by atoms with Crippen LogP contribution < -0.4 is 0 Å². The van der Waals surface area contributed by atoms with Crippen LogP contribution in [0.2, 0.25) is 0 Å². The van der Waals surface area contributed by atoms with Gasteiger partial charge in [-0.3, -0.25) is 4.79 Å². The van der Waals surface area contributed by atoms with E-state index >= 15 is 0 Å². The zero-order valence-electron chi connectivity index (χ0n) is 15.4. The summed E-state index contributed by atoms with van der Waals surface area (Å²) >= 11 is 0. The number of hydrogen-bond donors (Lipinski definition) is 0. The van der Waals surface area contributed by atoms with Gasteiger partial charge in [-0.15, -0.1) is 0 Å². The van der Waals surface area contributed by atoms with E-state index in [1.807, 2.05) is 6.92 Å². The number of carbonyl (C=O) groups is 1. The average Bonchev–Trinajstić information content (AvgIpc) is 2.35. The van der Waals surface area contributed by atoms with Crippen molar-refractivity contribution in [2.45, 2.75) is 92.6 Å². The lowest BCUT2D eigenvalue weighted by atomic mass is 9.50. The van der Waals surface area contributed by atoms with E-state index in [1.165, 1.54) is 39.0 Å². The SMILES string of the molecule is CC(=O)O[C@@H](C)CCC1=C(C)CC[C@H]2C(C)(C)CCC[C@]12C. The summed E-state index contributed by atoms with van der Waals surface area (Å²) in [5.74, 6) is 0.640. The number of ether oxygens (including phenoxy) is 1. The van der Waals surface area contributed by atoms with E-state index < -0.39 is 0 Å². The first-order chi connectivity index (χ1) is 10.2. The highest BCUT2D eigenvalue weighted by Gasteiger charge is 2.49. The minimum absolute atomic E-state index is 0.0263. The Morgan fingerprint density at radius 2 is 2.00 bits per heavy atom. The minimum atomic E-state index is -0.162. The van der Waals surface area contributed by atoms with Crippen LogP contribution in [-0.2, 0) is 9.53 Å². The molecule has 126 valence electrons. The Hall–Kier alpha value is -0.790. The lowest BCUT2D eigenvalue weighted by Gasteiger charge is -2.55. The van der Waals surface area contributed by atoms with Crippen molar-refractivity contribution in [3.63, 3.8) is 0 Å². The molecule has 0 bridgehead atoms. The van der Waals surface area contributed by atoms with Gasteiger partial charge in [-0.05, 0) is 69.1 Å². The van der Waals surface area contributed by atoms with E-state index in [9.17, 15) is 4.79 Å². The zero-order valence-corrected chi connectivity index (χ0v) is 15.4. The molecule has 1 saturated carbocycles. The third kappa shape index (κ3) is 3.41. The van der Waals surface area contributed by atoms with Gasteiger partial charge < -0.3 is 4.74 Å². The highest BCUT2D eigenvalue weighted by atomic mass is 16.5. The van der Waals surface area contributed by atoms with Crippen LogP contribution in [0.5, 0.6) is 0 Å². The van der Waals surface area contributed by atoms with Crippen LogP contribution >= 0.6 is 0 Å². The van der Waals surface area contributed by atoms with E-state index in [4.69, 9.17) is 4.74 Å². The summed E-state index contributed by atoms with van der Waals surface area (Å²) in [7, 11) is 0. The molecule has 0 spiro atoms. The van der Waals surface area contributed by atoms with E-state index in [0.717, 1.165) is 18.8 Å². The van der Waals surface area contributed by atoms with Gasteiger partial charge in [0.25, 0.3) is 0 Å². The van der Waals surface area contributed by atoms with Crippen molar-refractivity contribution in [3.05, 3.63) is 11.1 Å². The molecule has 0 aromatic rings. The van der Waals surface area contributed by atoms with Crippen LogP contribution in [-0.4, -0.2) is 12.1 Å². The van der Waals surface area contributed by atoms with Crippen molar-refractivity contribution < 1.29 is 9.53 Å². The summed E-state index contributed by atoms with van der Waals surface area (Å²) in [6.45, 7) is 13.3. The number of allylic oxidation sites excluding steroid dienone is 2. The Morgan fingerprint density at radius 3 is 2.64 bits per heavy atom. The Labute approximate surface area is 136 Å². The molecule has 2 nitrogen and oxygen atoms in total. The Bertz CT molecular complexity index is 460. The molecule has 0 aromatic carbocycles. The number of hydrogen-bond acceptors (Lipinski definition) is 2. The van der Waals surface area contributed by atoms with Gasteiger partial charge in [0.15, 0.2) is 0 Å². The smallest absolute Gasteiger partial charge is 0.302 e. The Morgan fingerprint density at radius 1 is 1.32 bits per heavy atom. The summed E-state index contributed by atoms with van der Waals surface area (Å²) in [5.41, 5.74) is 4.10. The summed E-state index contributed by atoms with van der Waals surface area (Å²) in [6, 6.07) is 0. The van der Waals surface area contributed by atoms with Crippen molar-refractivity contribution >= 4 is 5.97 Å². The molecule has 0 aromatic heterocycles. The Kier molecular flexibility index (Phi) is 5.09. The molecule has 0 radical (unpaired) electrons. The quantitative estimate of drug-likeness (QED) is 0.495. The fourth-order valence-electron chi connectivity index (χ4n) is 5.38. The monoisotopic (exact) mass is 306 g/mol. The van der Waals surface area contributed by atoms with E-state index in [1.54, 1.807) is 11.1 Å². The molecule has 0 aliphatic heterocycles.